The van der Waals surface area contributed by atoms with E-state index < -0.39 is 11.9 Å². The van der Waals surface area contributed by atoms with Gasteiger partial charge in [-0.05, 0) is 12.1 Å². The number of carboxylic acids is 1. The zero-order valence-corrected chi connectivity index (χ0v) is 8.17. The third kappa shape index (κ3) is 3.63. The molecule has 0 aromatic carbocycles. The number of amides is 1. The second-order valence-electron chi connectivity index (χ2n) is 2.82. The van der Waals surface area contributed by atoms with Crippen molar-refractivity contribution in [3.8, 4) is 0 Å². The molecule has 6 nitrogen and oxygen atoms in total. The number of rotatable bonds is 4. The topological polar surface area (TPSA) is 84.2 Å². The van der Waals surface area contributed by atoms with E-state index in [0.29, 0.717) is 0 Å². The first-order valence-electron chi connectivity index (χ1n) is 4.25. The Hall–Kier alpha value is -2.11. The summed E-state index contributed by atoms with van der Waals surface area (Å²) in [5, 5.41) is 14.4. The number of nitrogens with zero attached hydrogens (tertiary/aromatic N) is 2. The van der Waals surface area contributed by atoms with Gasteiger partial charge in [0.2, 0.25) is 5.91 Å². The first kappa shape index (κ1) is 11.0. The van der Waals surface area contributed by atoms with Crippen molar-refractivity contribution in [2.75, 3.05) is 6.54 Å². The van der Waals surface area contributed by atoms with E-state index in [1.54, 1.807) is 30.1 Å². The molecule has 1 heterocycles. The van der Waals surface area contributed by atoms with Crippen molar-refractivity contribution in [1.29, 1.82) is 0 Å². The second-order valence-corrected chi connectivity index (χ2v) is 2.82. The van der Waals surface area contributed by atoms with Crippen LogP contribution in [0.1, 0.15) is 5.69 Å². The summed E-state index contributed by atoms with van der Waals surface area (Å²) in [7, 11) is 1.74. The minimum atomic E-state index is -1.07. The molecular weight excluding hydrogens is 198 g/mol. The van der Waals surface area contributed by atoms with Crippen LogP contribution in [-0.2, 0) is 16.6 Å². The number of nitrogens with one attached hydrogen (secondary N) is 1. The molecule has 1 aromatic rings. The second kappa shape index (κ2) is 4.94. The van der Waals surface area contributed by atoms with Gasteiger partial charge in [-0.1, -0.05) is 0 Å². The summed E-state index contributed by atoms with van der Waals surface area (Å²) in [6, 6.07) is 1.74. The van der Waals surface area contributed by atoms with Crippen molar-refractivity contribution in [2.45, 2.75) is 0 Å². The normalized spacial score (nSPS) is 10.5. The van der Waals surface area contributed by atoms with E-state index in [1.807, 2.05) is 0 Å². The zero-order chi connectivity index (χ0) is 11.3. The summed E-state index contributed by atoms with van der Waals surface area (Å²) in [4.78, 5) is 21.2. The highest BCUT2D eigenvalue weighted by Crippen LogP contribution is 1.98. The Morgan fingerprint density at radius 1 is 1.67 bits per heavy atom. The average molecular weight is 209 g/mol. The lowest BCUT2D eigenvalue weighted by Gasteiger charge is -1.96. The number of carboxylic acid groups (broad SMARTS) is 1. The van der Waals surface area contributed by atoms with Crippen LogP contribution >= 0.6 is 0 Å². The Kier molecular flexibility index (Phi) is 3.61. The number of carbonyl (C=O) groups excluding carboxylic acids is 1. The highest BCUT2D eigenvalue weighted by atomic mass is 16.4. The van der Waals surface area contributed by atoms with Gasteiger partial charge in [-0.2, -0.15) is 5.10 Å². The van der Waals surface area contributed by atoms with Gasteiger partial charge in [0.15, 0.2) is 0 Å². The number of carbonyl (C=O) groups is 2. The molecule has 0 aliphatic rings. The summed E-state index contributed by atoms with van der Waals surface area (Å²) in [5.74, 6) is -1.52. The molecule has 0 aliphatic carbocycles. The largest absolute Gasteiger partial charge is 0.480 e. The molecule has 0 radical (unpaired) electrons. The molecule has 0 saturated heterocycles. The summed E-state index contributed by atoms with van der Waals surface area (Å²) >= 11 is 0. The highest BCUT2D eigenvalue weighted by molar-refractivity contribution is 5.93. The van der Waals surface area contributed by atoms with Gasteiger partial charge >= 0.3 is 5.97 Å². The van der Waals surface area contributed by atoms with E-state index in [0.717, 1.165) is 5.69 Å². The van der Waals surface area contributed by atoms with E-state index in [4.69, 9.17) is 5.11 Å². The third-order valence-electron chi connectivity index (χ3n) is 1.68. The van der Waals surface area contributed by atoms with Crippen LogP contribution in [0.4, 0.5) is 0 Å². The monoisotopic (exact) mass is 209 g/mol. The molecule has 6 heteroatoms. The molecule has 0 aliphatic heterocycles. The Balaban J connectivity index is 2.48. The van der Waals surface area contributed by atoms with Gasteiger partial charge in [-0.15, -0.1) is 0 Å². The molecule has 1 rings (SSSR count). The van der Waals surface area contributed by atoms with E-state index >= 15 is 0 Å². The standard InChI is InChI=1S/C9H11N3O3/c1-12-7(4-5-11-12)2-3-8(13)10-6-9(14)15/h2-5H,6H2,1H3,(H,10,13)(H,14,15)/b3-2+. The lowest BCUT2D eigenvalue weighted by atomic mass is 10.3. The van der Waals surface area contributed by atoms with Crippen LogP contribution in [0.15, 0.2) is 18.3 Å². The van der Waals surface area contributed by atoms with Crippen LogP contribution < -0.4 is 5.32 Å². The van der Waals surface area contributed by atoms with E-state index in [9.17, 15) is 9.59 Å². The Bertz CT molecular complexity index is 395. The van der Waals surface area contributed by atoms with Crippen LogP contribution in [-0.4, -0.2) is 33.3 Å². The Morgan fingerprint density at radius 3 is 2.93 bits per heavy atom. The molecule has 0 atom stereocenters. The fourth-order valence-electron chi connectivity index (χ4n) is 0.930. The van der Waals surface area contributed by atoms with Crippen LogP contribution in [0.3, 0.4) is 0 Å². The maximum Gasteiger partial charge on any atom is 0.322 e. The zero-order valence-electron chi connectivity index (χ0n) is 8.17. The molecule has 1 aromatic heterocycles. The predicted octanol–water partition coefficient (Wildman–Crippen LogP) is -0.366. The third-order valence-corrected chi connectivity index (χ3v) is 1.68. The molecule has 15 heavy (non-hydrogen) atoms. The fourth-order valence-corrected chi connectivity index (χ4v) is 0.930. The number of hydrogen-bond acceptors (Lipinski definition) is 3. The summed E-state index contributed by atoms with van der Waals surface area (Å²) < 4.78 is 1.60. The molecule has 80 valence electrons. The average Bonchev–Trinajstić information content (AvgIpc) is 2.58. The first-order valence-corrected chi connectivity index (χ1v) is 4.25. The summed E-state index contributed by atoms with van der Waals surface area (Å²) in [5.41, 5.74) is 0.764. The van der Waals surface area contributed by atoms with E-state index in [2.05, 4.69) is 10.4 Å². The van der Waals surface area contributed by atoms with Crippen molar-refractivity contribution < 1.29 is 14.7 Å². The van der Waals surface area contributed by atoms with Crippen molar-refractivity contribution in [1.82, 2.24) is 15.1 Å². The number of hydrogen-bond donors (Lipinski definition) is 2. The molecule has 0 spiro atoms. The predicted molar refractivity (Wildman–Crippen MR) is 52.9 cm³/mol. The molecule has 1 amide bonds. The Morgan fingerprint density at radius 2 is 2.40 bits per heavy atom. The van der Waals surface area contributed by atoms with Gasteiger partial charge in [0.1, 0.15) is 6.54 Å². The maximum absolute atomic E-state index is 11.1. The minimum Gasteiger partial charge on any atom is -0.480 e. The summed E-state index contributed by atoms with van der Waals surface area (Å²) in [6.07, 6.45) is 4.43. The van der Waals surface area contributed by atoms with Crippen LogP contribution in [0.5, 0.6) is 0 Å². The van der Waals surface area contributed by atoms with Gasteiger partial charge in [-0.25, -0.2) is 0 Å². The smallest absolute Gasteiger partial charge is 0.322 e. The maximum atomic E-state index is 11.1. The fraction of sp³-hybridized carbons (Fsp3) is 0.222. The van der Waals surface area contributed by atoms with Gasteiger partial charge in [0.25, 0.3) is 0 Å². The van der Waals surface area contributed by atoms with Crippen molar-refractivity contribution >= 4 is 18.0 Å². The number of aliphatic carboxylic acids is 1. The van der Waals surface area contributed by atoms with Gasteiger partial charge in [0, 0.05) is 19.3 Å². The molecular formula is C9H11N3O3. The van der Waals surface area contributed by atoms with E-state index in [-0.39, 0.29) is 6.54 Å². The number of aryl methyl sites for hydroxylation is 1. The van der Waals surface area contributed by atoms with Crippen LogP contribution in [0.25, 0.3) is 6.08 Å². The van der Waals surface area contributed by atoms with E-state index in [1.165, 1.54) is 6.08 Å². The number of aromatic nitrogens is 2. The van der Waals surface area contributed by atoms with Gasteiger partial charge < -0.3 is 10.4 Å². The quantitative estimate of drug-likeness (QED) is 0.663. The Labute approximate surface area is 86.2 Å². The molecule has 0 unspecified atom stereocenters. The first-order chi connectivity index (χ1) is 7.09. The molecule has 0 saturated carbocycles. The lowest BCUT2D eigenvalue weighted by Crippen LogP contribution is -2.27. The van der Waals surface area contributed by atoms with Crippen molar-refractivity contribution in [2.24, 2.45) is 7.05 Å². The van der Waals surface area contributed by atoms with Crippen LogP contribution in [0.2, 0.25) is 0 Å². The minimum absolute atomic E-state index is 0.380. The summed E-state index contributed by atoms with van der Waals surface area (Å²) in [6.45, 7) is -0.380. The lowest BCUT2D eigenvalue weighted by molar-refractivity contribution is -0.137. The van der Waals surface area contributed by atoms with Crippen molar-refractivity contribution in [3.63, 3.8) is 0 Å². The SMILES string of the molecule is Cn1nccc1/C=C/C(=O)NCC(=O)O. The van der Waals surface area contributed by atoms with Crippen molar-refractivity contribution in [3.05, 3.63) is 24.0 Å². The van der Waals surface area contributed by atoms with Crippen LogP contribution in [0, 0.1) is 0 Å². The molecule has 0 fully saturated rings. The van der Waals surface area contributed by atoms with Gasteiger partial charge in [-0.3, -0.25) is 14.3 Å². The molecule has 2 N–H and O–H groups in total. The highest BCUT2D eigenvalue weighted by Gasteiger charge is 1.99. The van der Waals surface area contributed by atoms with Gasteiger partial charge in [0.05, 0.1) is 5.69 Å². The molecule has 0 bridgehead atoms.